The lowest BCUT2D eigenvalue weighted by atomic mass is 10.0. The molecule has 21 heavy (non-hydrogen) atoms. The quantitative estimate of drug-likeness (QED) is 0.753. The Morgan fingerprint density at radius 3 is 2.90 bits per heavy atom. The van der Waals surface area contributed by atoms with Crippen molar-refractivity contribution in [3.05, 3.63) is 35.0 Å². The number of benzene rings is 1. The summed E-state index contributed by atoms with van der Waals surface area (Å²) in [5.74, 6) is 1.50. The van der Waals surface area contributed by atoms with Gasteiger partial charge in [-0.25, -0.2) is 4.98 Å². The maximum Gasteiger partial charge on any atom is 0.224 e. The molecule has 110 valence electrons. The van der Waals surface area contributed by atoms with Gasteiger partial charge in [0.05, 0.1) is 23.6 Å². The highest BCUT2D eigenvalue weighted by Gasteiger charge is 2.17. The van der Waals surface area contributed by atoms with E-state index >= 15 is 0 Å². The summed E-state index contributed by atoms with van der Waals surface area (Å²) in [7, 11) is 0. The molecule has 1 amide bonds. The van der Waals surface area contributed by atoms with Crippen LogP contribution in [0.4, 0.5) is 17.1 Å². The highest BCUT2D eigenvalue weighted by molar-refractivity contribution is 5.95. The highest BCUT2D eigenvalue weighted by atomic mass is 16.4. The topological polar surface area (TPSA) is 93.2 Å². The number of aryl methyl sites for hydroxylation is 3. The van der Waals surface area contributed by atoms with Gasteiger partial charge < -0.3 is 20.8 Å². The monoisotopic (exact) mass is 286 g/mol. The average Bonchev–Trinajstić information content (AvgIpc) is 2.75. The molecule has 6 heteroatoms. The lowest BCUT2D eigenvalue weighted by Crippen LogP contribution is -2.19. The number of fused-ring (bicyclic) bond motifs is 1. The first-order valence-electron chi connectivity index (χ1n) is 6.92. The van der Waals surface area contributed by atoms with E-state index in [1.807, 2.05) is 19.9 Å². The average molecular weight is 286 g/mol. The van der Waals surface area contributed by atoms with Crippen LogP contribution in [0.5, 0.6) is 0 Å². The number of nitrogen functional groups attached to an aromatic ring is 1. The maximum absolute atomic E-state index is 11.4. The summed E-state index contributed by atoms with van der Waals surface area (Å²) < 4.78 is 5.53. The third-order valence-electron chi connectivity index (χ3n) is 3.67. The van der Waals surface area contributed by atoms with Crippen molar-refractivity contribution in [2.75, 3.05) is 16.4 Å². The molecule has 1 aliphatic rings. The van der Waals surface area contributed by atoms with E-state index in [1.165, 1.54) is 0 Å². The van der Waals surface area contributed by atoms with E-state index < -0.39 is 0 Å². The lowest BCUT2D eigenvalue weighted by Gasteiger charge is -2.19. The summed E-state index contributed by atoms with van der Waals surface area (Å²) >= 11 is 0. The van der Waals surface area contributed by atoms with Crippen LogP contribution < -0.4 is 16.4 Å². The van der Waals surface area contributed by atoms with Gasteiger partial charge in [0.15, 0.2) is 0 Å². The summed E-state index contributed by atoms with van der Waals surface area (Å²) in [6.45, 7) is 4.28. The Labute approximate surface area is 122 Å². The van der Waals surface area contributed by atoms with Gasteiger partial charge in [-0.2, -0.15) is 0 Å². The number of amides is 1. The van der Waals surface area contributed by atoms with Crippen molar-refractivity contribution in [2.45, 2.75) is 33.2 Å². The summed E-state index contributed by atoms with van der Waals surface area (Å²) in [4.78, 5) is 15.7. The van der Waals surface area contributed by atoms with Gasteiger partial charge >= 0.3 is 0 Å². The SMILES string of the molecule is Cc1nc(CNc2cc3c(cc2N)NC(=O)CC3)oc1C. The van der Waals surface area contributed by atoms with E-state index in [1.54, 1.807) is 6.07 Å². The Bertz CT molecular complexity index is 686. The normalized spacial score (nSPS) is 13.7. The van der Waals surface area contributed by atoms with E-state index in [2.05, 4.69) is 15.6 Å². The minimum Gasteiger partial charge on any atom is -0.444 e. The van der Waals surface area contributed by atoms with Gasteiger partial charge in [0.2, 0.25) is 11.8 Å². The second-order valence-corrected chi connectivity index (χ2v) is 5.25. The summed E-state index contributed by atoms with van der Waals surface area (Å²) in [6, 6.07) is 3.77. The second-order valence-electron chi connectivity index (χ2n) is 5.25. The second kappa shape index (κ2) is 5.12. The molecule has 0 aliphatic carbocycles. The number of rotatable bonds is 3. The van der Waals surface area contributed by atoms with Crippen molar-refractivity contribution in [3.63, 3.8) is 0 Å². The van der Waals surface area contributed by atoms with Crippen LogP contribution in [-0.2, 0) is 17.8 Å². The molecule has 0 spiro atoms. The molecule has 0 saturated carbocycles. The molecule has 0 saturated heterocycles. The van der Waals surface area contributed by atoms with Crippen LogP contribution in [0, 0.1) is 13.8 Å². The number of nitrogens with zero attached hydrogens (tertiary/aromatic N) is 1. The van der Waals surface area contributed by atoms with Gasteiger partial charge in [-0.3, -0.25) is 4.79 Å². The molecule has 0 unspecified atom stereocenters. The fraction of sp³-hybridized carbons (Fsp3) is 0.333. The molecular formula is C15H18N4O2. The number of anilines is 3. The molecule has 2 heterocycles. The zero-order valence-corrected chi connectivity index (χ0v) is 12.1. The molecular weight excluding hydrogens is 268 g/mol. The van der Waals surface area contributed by atoms with E-state index in [9.17, 15) is 4.79 Å². The summed E-state index contributed by atoms with van der Waals surface area (Å²) in [6.07, 6.45) is 1.24. The number of carbonyl (C=O) groups is 1. The lowest BCUT2D eigenvalue weighted by molar-refractivity contribution is -0.116. The van der Waals surface area contributed by atoms with Gasteiger partial charge in [-0.05, 0) is 38.0 Å². The Morgan fingerprint density at radius 1 is 1.38 bits per heavy atom. The zero-order chi connectivity index (χ0) is 15.0. The number of aromatic nitrogens is 1. The first-order valence-corrected chi connectivity index (χ1v) is 6.92. The molecule has 0 fully saturated rings. The molecule has 1 aromatic heterocycles. The van der Waals surface area contributed by atoms with Crippen molar-refractivity contribution in [1.29, 1.82) is 0 Å². The number of nitrogens with two attached hydrogens (primary N) is 1. The predicted octanol–water partition coefficient (Wildman–Crippen LogP) is 2.37. The molecule has 0 atom stereocenters. The fourth-order valence-corrected chi connectivity index (χ4v) is 2.38. The van der Waals surface area contributed by atoms with Crippen LogP contribution in [0.1, 0.15) is 29.3 Å². The minimum absolute atomic E-state index is 0.0355. The minimum atomic E-state index is 0.0355. The Balaban J connectivity index is 1.78. The number of carbonyl (C=O) groups excluding carboxylic acids is 1. The molecule has 2 aromatic rings. The van der Waals surface area contributed by atoms with E-state index in [4.69, 9.17) is 10.2 Å². The number of hydrogen-bond donors (Lipinski definition) is 3. The van der Waals surface area contributed by atoms with Crippen molar-refractivity contribution in [2.24, 2.45) is 0 Å². The van der Waals surface area contributed by atoms with Crippen LogP contribution >= 0.6 is 0 Å². The van der Waals surface area contributed by atoms with Crippen molar-refractivity contribution in [3.8, 4) is 0 Å². The van der Waals surface area contributed by atoms with Crippen LogP contribution in [0.15, 0.2) is 16.5 Å². The number of oxazole rings is 1. The number of hydrogen-bond acceptors (Lipinski definition) is 5. The molecule has 6 nitrogen and oxygen atoms in total. The first-order chi connectivity index (χ1) is 10.0. The summed E-state index contributed by atoms with van der Waals surface area (Å²) in [5.41, 5.74) is 10.2. The first kappa shape index (κ1) is 13.5. The molecule has 1 aliphatic heterocycles. The van der Waals surface area contributed by atoms with Crippen LogP contribution in [0.3, 0.4) is 0 Å². The molecule has 3 rings (SSSR count). The van der Waals surface area contributed by atoms with Gasteiger partial charge in [0, 0.05) is 12.1 Å². The smallest absolute Gasteiger partial charge is 0.224 e. The summed E-state index contributed by atoms with van der Waals surface area (Å²) in [5, 5.41) is 6.07. The van der Waals surface area contributed by atoms with Crippen molar-refractivity contribution >= 4 is 23.0 Å². The largest absolute Gasteiger partial charge is 0.444 e. The van der Waals surface area contributed by atoms with Crippen molar-refractivity contribution in [1.82, 2.24) is 4.98 Å². The van der Waals surface area contributed by atoms with E-state index in [0.29, 0.717) is 24.5 Å². The van der Waals surface area contributed by atoms with E-state index in [-0.39, 0.29) is 5.91 Å². The van der Waals surface area contributed by atoms with Crippen LogP contribution in [0.2, 0.25) is 0 Å². The fourth-order valence-electron chi connectivity index (χ4n) is 2.38. The molecule has 0 bridgehead atoms. The van der Waals surface area contributed by atoms with Crippen LogP contribution in [-0.4, -0.2) is 10.9 Å². The zero-order valence-electron chi connectivity index (χ0n) is 12.1. The Morgan fingerprint density at radius 2 is 2.19 bits per heavy atom. The van der Waals surface area contributed by atoms with Gasteiger partial charge in [0.1, 0.15) is 5.76 Å². The van der Waals surface area contributed by atoms with Gasteiger partial charge in [0.25, 0.3) is 0 Å². The van der Waals surface area contributed by atoms with Crippen LogP contribution in [0.25, 0.3) is 0 Å². The Hall–Kier alpha value is -2.50. The van der Waals surface area contributed by atoms with Gasteiger partial charge in [-0.15, -0.1) is 0 Å². The molecule has 4 N–H and O–H groups in total. The van der Waals surface area contributed by atoms with Gasteiger partial charge in [-0.1, -0.05) is 0 Å². The number of nitrogens with one attached hydrogen (secondary N) is 2. The van der Waals surface area contributed by atoms with E-state index in [0.717, 1.165) is 34.8 Å². The molecule has 0 radical (unpaired) electrons. The predicted molar refractivity (Wildman–Crippen MR) is 81.1 cm³/mol. The third-order valence-corrected chi connectivity index (χ3v) is 3.67. The van der Waals surface area contributed by atoms with Crippen molar-refractivity contribution < 1.29 is 9.21 Å². The molecule has 1 aromatic carbocycles. The Kier molecular flexibility index (Phi) is 3.29. The highest BCUT2D eigenvalue weighted by Crippen LogP contribution is 2.31. The maximum atomic E-state index is 11.4. The third kappa shape index (κ3) is 2.69. The standard InChI is InChI=1S/C15H18N4O2/c1-8-9(2)21-15(18-8)7-17-13-5-10-3-4-14(20)19-12(10)6-11(13)16/h5-6,17H,3-4,7,16H2,1-2H3,(H,19,20).